The van der Waals surface area contributed by atoms with E-state index in [0.717, 1.165) is 28.9 Å². The summed E-state index contributed by atoms with van der Waals surface area (Å²) >= 11 is 0. The van der Waals surface area contributed by atoms with Crippen molar-refractivity contribution < 1.29 is 14.5 Å². The first-order chi connectivity index (χ1) is 11.5. The van der Waals surface area contributed by atoms with E-state index < -0.39 is 4.92 Å². The first kappa shape index (κ1) is 16.0. The van der Waals surface area contributed by atoms with Crippen LogP contribution in [0.4, 0.5) is 5.69 Å². The topological polar surface area (TPSA) is 72.7 Å². The van der Waals surface area contributed by atoms with Crippen LogP contribution in [0.25, 0.3) is 0 Å². The van der Waals surface area contributed by atoms with Crippen molar-refractivity contribution in [2.75, 3.05) is 13.7 Å². The van der Waals surface area contributed by atoms with Crippen LogP contribution < -0.4 is 4.74 Å². The second-order valence-electron chi connectivity index (χ2n) is 5.78. The lowest BCUT2D eigenvalue weighted by molar-refractivity contribution is -0.384. The van der Waals surface area contributed by atoms with Gasteiger partial charge in [0.2, 0.25) is 5.91 Å². The Labute approximate surface area is 139 Å². The SMILES string of the molecule is COc1ccc2c(c1)CCN(C(C)=O)C2c1ccc([N+](=O)[O-])cc1. The van der Waals surface area contributed by atoms with Gasteiger partial charge in [0.05, 0.1) is 18.1 Å². The maximum Gasteiger partial charge on any atom is 0.269 e. The zero-order chi connectivity index (χ0) is 17.3. The van der Waals surface area contributed by atoms with Gasteiger partial charge >= 0.3 is 0 Å². The number of fused-ring (bicyclic) bond motifs is 1. The van der Waals surface area contributed by atoms with E-state index in [1.165, 1.54) is 12.1 Å². The second-order valence-corrected chi connectivity index (χ2v) is 5.78. The molecule has 24 heavy (non-hydrogen) atoms. The summed E-state index contributed by atoms with van der Waals surface area (Å²) in [4.78, 5) is 24.3. The zero-order valence-corrected chi connectivity index (χ0v) is 13.6. The van der Waals surface area contributed by atoms with Crippen LogP contribution in [0, 0.1) is 10.1 Å². The van der Waals surface area contributed by atoms with Crippen molar-refractivity contribution >= 4 is 11.6 Å². The molecule has 6 heteroatoms. The molecule has 6 nitrogen and oxygen atoms in total. The summed E-state index contributed by atoms with van der Waals surface area (Å²) in [6, 6.07) is 12.0. The van der Waals surface area contributed by atoms with E-state index in [2.05, 4.69) is 0 Å². The summed E-state index contributed by atoms with van der Waals surface area (Å²) in [5, 5.41) is 10.9. The molecular weight excluding hydrogens is 308 g/mol. The van der Waals surface area contributed by atoms with E-state index in [1.807, 2.05) is 18.2 Å². The first-order valence-corrected chi connectivity index (χ1v) is 7.69. The Kier molecular flexibility index (Phi) is 4.20. The Morgan fingerprint density at radius 3 is 2.54 bits per heavy atom. The molecule has 3 rings (SSSR count). The number of non-ortho nitro benzene ring substituents is 1. The molecule has 1 heterocycles. The summed E-state index contributed by atoms with van der Waals surface area (Å²) in [5.41, 5.74) is 3.07. The molecule has 124 valence electrons. The van der Waals surface area contributed by atoms with Crippen LogP contribution in [0.15, 0.2) is 42.5 Å². The third-order valence-corrected chi connectivity index (χ3v) is 4.40. The summed E-state index contributed by atoms with van der Waals surface area (Å²) in [5.74, 6) is 0.771. The standard InChI is InChI=1S/C18H18N2O4/c1-12(21)19-10-9-14-11-16(24-2)7-8-17(14)18(19)13-3-5-15(6-4-13)20(22)23/h3-8,11,18H,9-10H2,1-2H3. The Bertz CT molecular complexity index is 786. The number of rotatable bonds is 3. The quantitative estimate of drug-likeness (QED) is 0.642. The van der Waals surface area contributed by atoms with Gasteiger partial charge in [-0.1, -0.05) is 6.07 Å². The van der Waals surface area contributed by atoms with E-state index in [-0.39, 0.29) is 17.6 Å². The van der Waals surface area contributed by atoms with Crippen molar-refractivity contribution in [1.82, 2.24) is 4.90 Å². The zero-order valence-electron chi connectivity index (χ0n) is 13.6. The third-order valence-electron chi connectivity index (χ3n) is 4.40. The Morgan fingerprint density at radius 1 is 1.25 bits per heavy atom. The van der Waals surface area contributed by atoms with Crippen molar-refractivity contribution in [1.29, 1.82) is 0 Å². The van der Waals surface area contributed by atoms with Gasteiger partial charge in [0.15, 0.2) is 0 Å². The van der Waals surface area contributed by atoms with E-state index in [4.69, 9.17) is 4.74 Å². The van der Waals surface area contributed by atoms with Crippen molar-refractivity contribution in [2.45, 2.75) is 19.4 Å². The smallest absolute Gasteiger partial charge is 0.269 e. The molecule has 0 N–H and O–H groups in total. The van der Waals surface area contributed by atoms with Gasteiger partial charge in [-0.15, -0.1) is 0 Å². The number of nitro groups is 1. The molecule has 0 saturated heterocycles. The molecule has 1 amide bonds. The number of methoxy groups -OCH3 is 1. The molecule has 0 aliphatic carbocycles. The van der Waals surface area contributed by atoms with Gasteiger partial charge in [0.1, 0.15) is 5.75 Å². The lowest BCUT2D eigenvalue weighted by Crippen LogP contribution is -2.39. The van der Waals surface area contributed by atoms with Gasteiger partial charge in [-0.3, -0.25) is 14.9 Å². The van der Waals surface area contributed by atoms with Gasteiger partial charge in [-0.05, 0) is 47.4 Å². The number of carbonyl (C=O) groups is 1. The second kappa shape index (κ2) is 6.31. The van der Waals surface area contributed by atoms with Gasteiger partial charge in [0, 0.05) is 25.6 Å². The fraction of sp³-hybridized carbons (Fsp3) is 0.278. The van der Waals surface area contributed by atoms with Crippen LogP contribution >= 0.6 is 0 Å². The summed E-state index contributed by atoms with van der Waals surface area (Å²) in [6.07, 6.45) is 0.760. The van der Waals surface area contributed by atoms with Crippen LogP contribution in [-0.4, -0.2) is 29.4 Å². The Morgan fingerprint density at radius 2 is 1.96 bits per heavy atom. The minimum Gasteiger partial charge on any atom is -0.497 e. The maximum atomic E-state index is 12.1. The van der Waals surface area contributed by atoms with Crippen molar-refractivity contribution in [2.24, 2.45) is 0 Å². The predicted molar refractivity (Wildman–Crippen MR) is 89.0 cm³/mol. The lowest BCUT2D eigenvalue weighted by atomic mass is 9.88. The molecule has 1 atom stereocenters. The molecule has 0 radical (unpaired) electrons. The van der Waals surface area contributed by atoms with Crippen LogP contribution in [0.5, 0.6) is 5.75 Å². The van der Waals surface area contributed by atoms with E-state index in [1.54, 1.807) is 31.1 Å². The minimum absolute atomic E-state index is 0.0141. The van der Waals surface area contributed by atoms with Crippen molar-refractivity contribution in [3.05, 3.63) is 69.3 Å². The van der Waals surface area contributed by atoms with Crippen LogP contribution in [-0.2, 0) is 11.2 Å². The van der Waals surface area contributed by atoms with Gasteiger partial charge in [-0.2, -0.15) is 0 Å². The molecular formula is C18H18N2O4. The van der Waals surface area contributed by atoms with E-state index >= 15 is 0 Å². The molecule has 0 spiro atoms. The first-order valence-electron chi connectivity index (χ1n) is 7.69. The number of nitro benzene ring substituents is 1. The molecule has 2 aromatic carbocycles. The highest BCUT2D eigenvalue weighted by Crippen LogP contribution is 2.37. The Balaban J connectivity index is 2.07. The number of carbonyl (C=O) groups excluding carboxylic acids is 1. The molecule has 1 aliphatic heterocycles. The van der Waals surface area contributed by atoms with Gasteiger partial charge in [-0.25, -0.2) is 0 Å². The fourth-order valence-corrected chi connectivity index (χ4v) is 3.21. The summed E-state index contributed by atoms with van der Waals surface area (Å²) < 4.78 is 5.28. The lowest BCUT2D eigenvalue weighted by Gasteiger charge is -2.37. The highest BCUT2D eigenvalue weighted by Gasteiger charge is 2.30. The largest absolute Gasteiger partial charge is 0.497 e. The molecule has 2 aromatic rings. The number of nitrogens with zero attached hydrogens (tertiary/aromatic N) is 2. The summed E-state index contributed by atoms with van der Waals surface area (Å²) in [6.45, 7) is 2.16. The normalized spacial score (nSPS) is 16.4. The monoisotopic (exact) mass is 326 g/mol. The van der Waals surface area contributed by atoms with Crippen LogP contribution in [0.2, 0.25) is 0 Å². The van der Waals surface area contributed by atoms with Crippen molar-refractivity contribution in [3.63, 3.8) is 0 Å². The molecule has 0 aromatic heterocycles. The molecule has 0 fully saturated rings. The highest BCUT2D eigenvalue weighted by molar-refractivity contribution is 5.75. The minimum atomic E-state index is -0.424. The van der Waals surface area contributed by atoms with E-state index in [9.17, 15) is 14.9 Å². The fourth-order valence-electron chi connectivity index (χ4n) is 3.21. The highest BCUT2D eigenvalue weighted by atomic mass is 16.6. The molecule has 0 saturated carbocycles. The predicted octanol–water partition coefficient (Wildman–Crippen LogP) is 3.10. The van der Waals surface area contributed by atoms with Crippen molar-refractivity contribution in [3.8, 4) is 5.75 Å². The number of benzene rings is 2. The number of ether oxygens (including phenoxy) is 1. The van der Waals surface area contributed by atoms with Gasteiger partial charge < -0.3 is 9.64 Å². The number of hydrogen-bond acceptors (Lipinski definition) is 4. The Hall–Kier alpha value is -2.89. The van der Waals surface area contributed by atoms with Crippen LogP contribution in [0.1, 0.15) is 29.7 Å². The van der Waals surface area contributed by atoms with Crippen LogP contribution in [0.3, 0.4) is 0 Å². The van der Waals surface area contributed by atoms with E-state index in [0.29, 0.717) is 6.54 Å². The number of amides is 1. The molecule has 0 bridgehead atoms. The number of hydrogen-bond donors (Lipinski definition) is 0. The molecule has 1 unspecified atom stereocenters. The third kappa shape index (κ3) is 2.82. The van der Waals surface area contributed by atoms with Gasteiger partial charge in [0.25, 0.3) is 5.69 Å². The molecule has 1 aliphatic rings. The average Bonchev–Trinajstić information content (AvgIpc) is 2.60. The maximum absolute atomic E-state index is 12.1. The average molecular weight is 326 g/mol. The summed E-state index contributed by atoms with van der Waals surface area (Å²) in [7, 11) is 1.63.